The Labute approximate surface area is 235 Å². The zero-order valence-electron chi connectivity index (χ0n) is 10.2. The van der Waals surface area contributed by atoms with Crippen molar-refractivity contribution in [2.45, 2.75) is 0 Å². The second-order valence-electron chi connectivity index (χ2n) is 1.25. The zero-order chi connectivity index (χ0) is 17.9. The Morgan fingerprint density at radius 3 is 0.391 bits per heavy atom. The third-order valence-corrected chi connectivity index (χ3v) is 0. The smallest absolute Gasteiger partial charge is 2.00 e. The Kier molecular flexibility index (Phi) is 102. The normalized spacial score (nSPS) is 5.65. The number of hydrogen-bond acceptors (Lipinski definition) is 15. The third-order valence-electron chi connectivity index (χ3n) is 0. The van der Waals surface area contributed by atoms with Gasteiger partial charge >= 0.3 is 241 Å². The van der Waals surface area contributed by atoms with Gasteiger partial charge in [-0.15, -0.1) is 0 Å². The maximum Gasteiger partial charge on any atom is 5.00 e. The van der Waals surface area contributed by atoms with Crippen LogP contribution in [0, 0.1) is 0 Å². The van der Waals surface area contributed by atoms with Crippen molar-refractivity contribution in [2.75, 3.05) is 0 Å². The van der Waals surface area contributed by atoms with E-state index < -0.39 is 93.1 Å². The van der Waals surface area contributed by atoms with E-state index in [4.69, 9.17) is 53.5 Å². The molecule has 0 N–H and O–H groups in total. The van der Waals surface area contributed by atoms with Crippen LogP contribution in [0.4, 0.5) is 0 Å². The maximum absolute atomic E-state index is 8.58. The molecule has 0 aliphatic heterocycles. The van der Waals surface area contributed by atoms with E-state index in [1.54, 1.807) is 0 Å². The predicted molar refractivity (Wildman–Crippen MR) is 14.9 cm³/mol. The van der Waals surface area contributed by atoms with Gasteiger partial charge in [-0.3, -0.25) is 0 Å². The Hall–Kier alpha value is 5.28. The fourth-order valence-corrected chi connectivity index (χ4v) is 0. The van der Waals surface area contributed by atoms with Gasteiger partial charge in [-0.2, -0.15) is 0 Å². The molecule has 122 valence electrons. The molecular formula is BiO15SrTaTi5. The van der Waals surface area contributed by atoms with Crippen LogP contribution in [0.2, 0.25) is 0 Å². The molecule has 0 fully saturated rings. The molecule has 0 bridgehead atoms. The molecule has 0 aliphatic carbocycles. The quantitative estimate of drug-likeness (QED) is 0.204. The Balaban J connectivity index is -0.0000000197. The first-order valence-corrected chi connectivity index (χ1v) is 12.6. The number of rotatable bonds is 0. The molecule has 0 amide bonds. The van der Waals surface area contributed by atoms with E-state index in [0.29, 0.717) is 0 Å². The summed E-state index contributed by atoms with van der Waals surface area (Å²) < 4.78 is 129. The van der Waals surface area contributed by atoms with Gasteiger partial charge in [-0.1, -0.05) is 0 Å². The summed E-state index contributed by atoms with van der Waals surface area (Å²) in [7, 11) is 0. The molecule has 0 aromatic heterocycles. The molecule has 0 saturated heterocycles. The molecule has 0 atom stereocenters. The van der Waals surface area contributed by atoms with E-state index in [0.717, 1.165) is 0 Å². The van der Waals surface area contributed by atoms with Crippen LogP contribution in [0.15, 0.2) is 0 Å². The standard InChI is InChI=1S/Bi.15O.Sr.Ta.5Ti/q+3;;;;;;10*-1;+2;+5;;;;;. The van der Waals surface area contributed by atoms with Gasteiger partial charge < -0.3 is 0 Å². The van der Waals surface area contributed by atoms with Crippen molar-refractivity contribution in [3.8, 4) is 0 Å². The van der Waals surface area contributed by atoms with E-state index in [-0.39, 0.29) is 94.1 Å². The van der Waals surface area contributed by atoms with Crippen molar-refractivity contribution >= 4 is 71.7 Å². The van der Waals surface area contributed by atoms with Crippen LogP contribution in [0.5, 0.6) is 0 Å². The van der Waals surface area contributed by atoms with Gasteiger partial charge in [0.05, 0.1) is 0 Å². The minimum absolute atomic E-state index is 0. The van der Waals surface area contributed by atoms with Crippen molar-refractivity contribution in [1.29, 1.82) is 0 Å². The van der Waals surface area contributed by atoms with E-state index in [1.807, 2.05) is 0 Å². The molecule has 0 aliphatic rings. The van der Waals surface area contributed by atoms with Crippen molar-refractivity contribution in [3.05, 3.63) is 0 Å². The molecule has 0 rings (SSSR count). The monoisotopic (exact) mass is 957 g/mol. The summed E-state index contributed by atoms with van der Waals surface area (Å²) in [6.45, 7) is 0. The zero-order valence-corrected chi connectivity index (χ0v) is 28.2. The number of hydrogen-bond donors (Lipinski definition) is 0. The molecule has 0 saturated carbocycles. The van der Waals surface area contributed by atoms with Crippen LogP contribution in [0.3, 0.4) is 0 Å². The van der Waals surface area contributed by atoms with Gasteiger partial charge in [0.15, 0.2) is 0 Å². The molecule has 15 nitrogen and oxygen atoms in total. The second-order valence-corrected chi connectivity index (χ2v) is 5.15. The molecule has 0 aromatic carbocycles. The molecular weight excluding hydrogens is 957 g/mol. The first-order valence-electron chi connectivity index (χ1n) is 3.06. The first kappa shape index (κ1) is 51.2. The summed E-state index contributed by atoms with van der Waals surface area (Å²) in [4.78, 5) is 0. The summed E-state index contributed by atoms with van der Waals surface area (Å²) in [6.07, 6.45) is 0. The van der Waals surface area contributed by atoms with Crippen molar-refractivity contribution in [3.63, 3.8) is 0 Å². The van der Waals surface area contributed by atoms with Crippen LogP contribution in [-0.2, 0) is 132 Å². The first-order chi connectivity index (χ1) is 8.66. The van der Waals surface area contributed by atoms with E-state index >= 15 is 0 Å². The van der Waals surface area contributed by atoms with Crippen molar-refractivity contribution in [2.24, 2.45) is 0 Å². The molecule has 23 heteroatoms. The molecule has 2 radical (unpaired) electrons. The van der Waals surface area contributed by atoms with Gasteiger partial charge in [-0.25, -0.2) is 0 Å². The Morgan fingerprint density at radius 1 is 0.391 bits per heavy atom. The molecule has 0 aromatic rings. The molecule has 0 unspecified atom stereocenters. The fourth-order valence-electron chi connectivity index (χ4n) is 0. The van der Waals surface area contributed by atoms with Crippen LogP contribution in [0.25, 0.3) is 0 Å². The third kappa shape index (κ3) is 626. The average Bonchev–Trinajstić information content (AvgIpc) is 1.94. The van der Waals surface area contributed by atoms with Crippen LogP contribution in [0.1, 0.15) is 0 Å². The minimum Gasteiger partial charge on any atom is 2.00 e. The van der Waals surface area contributed by atoms with E-state index in [1.165, 1.54) is 0 Å². The summed E-state index contributed by atoms with van der Waals surface area (Å²) in [5, 5.41) is 0. The fraction of sp³-hybridized carbons (Fsp3) is 0. The van der Waals surface area contributed by atoms with Crippen LogP contribution in [-0.4, -0.2) is 71.7 Å². The second kappa shape index (κ2) is 45.8. The Morgan fingerprint density at radius 2 is 0.391 bits per heavy atom. The van der Waals surface area contributed by atoms with Crippen LogP contribution < -0.4 is 36.9 Å². The largest absolute Gasteiger partial charge is 5.00 e. The van der Waals surface area contributed by atoms with Gasteiger partial charge in [0, 0.05) is 0 Å². The van der Waals surface area contributed by atoms with Crippen molar-refractivity contribution < 1.29 is 169 Å². The van der Waals surface area contributed by atoms with Gasteiger partial charge in [0.2, 0.25) is 0 Å². The predicted octanol–water partition coefficient (Wildman–Crippen LogP) is -13.3. The minimum atomic E-state index is -4.08. The Bertz CT molecular complexity index is 219. The van der Waals surface area contributed by atoms with Gasteiger partial charge in [-0.05, 0) is 0 Å². The van der Waals surface area contributed by atoms with Crippen molar-refractivity contribution in [1.82, 2.24) is 0 Å². The summed E-state index contributed by atoms with van der Waals surface area (Å²) >= 11 is -20.4. The van der Waals surface area contributed by atoms with Gasteiger partial charge in [0.1, 0.15) is 0 Å². The SMILES string of the molecule is [Bi+3].[O]=[Ti]([O-])[O-].[O]=[Ti]([O-])[O-].[O]=[Ti]([O-])[O-].[O]=[Ti]([O-])[O-].[O]=[Ti]([O-])[O-].[Sr+2].[Ta+5]. The summed E-state index contributed by atoms with van der Waals surface area (Å²) in [6, 6.07) is 0. The average molecular weight is 957 g/mol. The van der Waals surface area contributed by atoms with Gasteiger partial charge in [0.25, 0.3) is 0 Å². The molecule has 0 spiro atoms. The maximum atomic E-state index is 8.58. The summed E-state index contributed by atoms with van der Waals surface area (Å²) in [5.41, 5.74) is 0. The molecule has 23 heavy (non-hydrogen) atoms. The van der Waals surface area contributed by atoms with Crippen LogP contribution >= 0.6 is 0 Å². The topological polar surface area (TPSA) is 316 Å². The van der Waals surface area contributed by atoms with E-state index in [2.05, 4.69) is 0 Å². The summed E-state index contributed by atoms with van der Waals surface area (Å²) in [5.74, 6) is 0. The van der Waals surface area contributed by atoms with E-state index in [9.17, 15) is 0 Å². The molecule has 0 heterocycles.